The summed E-state index contributed by atoms with van der Waals surface area (Å²) in [7, 11) is 1.68. The number of ether oxygens (including phenoxy) is 1. The van der Waals surface area contributed by atoms with Gasteiger partial charge in [0.1, 0.15) is 5.75 Å². The van der Waals surface area contributed by atoms with Gasteiger partial charge in [-0.3, -0.25) is 0 Å². The molecule has 1 atom stereocenters. The average molecular weight is 334 g/mol. The SMILES string of the molecule is COc1cc(NC(C)c2ccc(C)c(C)c2)ccc1Br. The van der Waals surface area contributed by atoms with Crippen molar-refractivity contribution in [3.05, 3.63) is 57.6 Å². The van der Waals surface area contributed by atoms with Crippen LogP contribution in [0, 0.1) is 13.8 Å². The predicted octanol–water partition coefficient (Wildman–Crippen LogP) is 5.25. The molecule has 1 unspecified atom stereocenters. The highest BCUT2D eigenvalue weighted by Gasteiger charge is 2.08. The largest absolute Gasteiger partial charge is 0.495 e. The van der Waals surface area contributed by atoms with E-state index in [2.05, 4.69) is 60.2 Å². The third kappa shape index (κ3) is 3.34. The van der Waals surface area contributed by atoms with Gasteiger partial charge in [0, 0.05) is 17.8 Å². The lowest BCUT2D eigenvalue weighted by Gasteiger charge is -2.18. The summed E-state index contributed by atoms with van der Waals surface area (Å²) < 4.78 is 6.28. The zero-order valence-electron chi connectivity index (χ0n) is 12.3. The summed E-state index contributed by atoms with van der Waals surface area (Å²) in [6.45, 7) is 6.45. The van der Waals surface area contributed by atoms with Crippen LogP contribution in [0.2, 0.25) is 0 Å². The monoisotopic (exact) mass is 333 g/mol. The van der Waals surface area contributed by atoms with E-state index in [-0.39, 0.29) is 6.04 Å². The highest BCUT2D eigenvalue weighted by Crippen LogP contribution is 2.30. The van der Waals surface area contributed by atoms with Gasteiger partial charge in [0.15, 0.2) is 0 Å². The second kappa shape index (κ2) is 6.31. The molecule has 0 bridgehead atoms. The Morgan fingerprint density at radius 3 is 2.45 bits per heavy atom. The molecule has 0 aliphatic rings. The minimum atomic E-state index is 0.250. The van der Waals surface area contributed by atoms with Crippen LogP contribution in [0.1, 0.15) is 29.7 Å². The number of halogens is 1. The van der Waals surface area contributed by atoms with Gasteiger partial charge in [-0.1, -0.05) is 18.2 Å². The third-order valence-electron chi connectivity index (χ3n) is 3.57. The quantitative estimate of drug-likeness (QED) is 0.825. The minimum absolute atomic E-state index is 0.250. The van der Waals surface area contributed by atoms with Crippen LogP contribution in [0.3, 0.4) is 0 Å². The Bertz CT molecular complexity index is 610. The first kappa shape index (κ1) is 14.9. The average Bonchev–Trinajstić information content (AvgIpc) is 2.43. The number of rotatable bonds is 4. The Labute approximate surface area is 129 Å². The Balaban J connectivity index is 2.18. The van der Waals surface area contributed by atoms with E-state index in [1.807, 2.05) is 18.2 Å². The number of hydrogen-bond acceptors (Lipinski definition) is 2. The first-order valence-corrected chi connectivity index (χ1v) is 7.48. The summed E-state index contributed by atoms with van der Waals surface area (Å²) >= 11 is 3.47. The van der Waals surface area contributed by atoms with Crippen molar-refractivity contribution >= 4 is 21.6 Å². The second-order valence-electron chi connectivity index (χ2n) is 5.06. The van der Waals surface area contributed by atoms with Crippen molar-refractivity contribution < 1.29 is 4.74 Å². The summed E-state index contributed by atoms with van der Waals surface area (Å²) in [5.41, 5.74) is 4.99. The highest BCUT2D eigenvalue weighted by atomic mass is 79.9. The number of aryl methyl sites for hydroxylation is 2. The van der Waals surface area contributed by atoms with E-state index in [1.165, 1.54) is 16.7 Å². The first-order valence-electron chi connectivity index (χ1n) is 6.68. The molecule has 0 aromatic heterocycles. The molecule has 3 heteroatoms. The summed E-state index contributed by atoms with van der Waals surface area (Å²) in [4.78, 5) is 0. The lowest BCUT2D eigenvalue weighted by molar-refractivity contribution is 0.412. The first-order chi connectivity index (χ1) is 9.51. The second-order valence-corrected chi connectivity index (χ2v) is 5.91. The maximum Gasteiger partial charge on any atom is 0.135 e. The molecule has 0 saturated carbocycles. The summed E-state index contributed by atoms with van der Waals surface area (Å²) in [5, 5.41) is 3.51. The van der Waals surface area contributed by atoms with Crippen LogP contribution < -0.4 is 10.1 Å². The van der Waals surface area contributed by atoms with E-state index < -0.39 is 0 Å². The zero-order chi connectivity index (χ0) is 14.7. The van der Waals surface area contributed by atoms with E-state index in [9.17, 15) is 0 Å². The van der Waals surface area contributed by atoms with Gasteiger partial charge < -0.3 is 10.1 Å². The van der Waals surface area contributed by atoms with Gasteiger partial charge in [-0.15, -0.1) is 0 Å². The lowest BCUT2D eigenvalue weighted by Crippen LogP contribution is -2.07. The topological polar surface area (TPSA) is 21.3 Å². The molecule has 0 heterocycles. The number of hydrogen-bond donors (Lipinski definition) is 1. The van der Waals surface area contributed by atoms with Gasteiger partial charge in [0.25, 0.3) is 0 Å². The summed E-state index contributed by atoms with van der Waals surface area (Å²) in [5.74, 6) is 0.835. The van der Waals surface area contributed by atoms with Crippen molar-refractivity contribution in [2.45, 2.75) is 26.8 Å². The maximum atomic E-state index is 5.32. The molecule has 1 N–H and O–H groups in total. The molecule has 0 aliphatic heterocycles. The number of benzene rings is 2. The molecule has 20 heavy (non-hydrogen) atoms. The summed E-state index contributed by atoms with van der Waals surface area (Å²) in [6.07, 6.45) is 0. The van der Waals surface area contributed by atoms with E-state index in [4.69, 9.17) is 4.74 Å². The van der Waals surface area contributed by atoms with E-state index in [0.29, 0.717) is 0 Å². The fourth-order valence-electron chi connectivity index (χ4n) is 2.12. The van der Waals surface area contributed by atoms with Gasteiger partial charge in [0.05, 0.1) is 11.6 Å². The number of anilines is 1. The Morgan fingerprint density at radius 2 is 1.80 bits per heavy atom. The molecular formula is C17H20BrNO. The van der Waals surface area contributed by atoms with Crippen LogP contribution in [0.15, 0.2) is 40.9 Å². The van der Waals surface area contributed by atoms with Crippen molar-refractivity contribution in [2.75, 3.05) is 12.4 Å². The molecule has 2 nitrogen and oxygen atoms in total. The minimum Gasteiger partial charge on any atom is -0.495 e. The molecule has 0 fully saturated rings. The normalized spacial score (nSPS) is 12.1. The molecule has 0 aliphatic carbocycles. The van der Waals surface area contributed by atoms with Crippen LogP contribution in [0.25, 0.3) is 0 Å². The Morgan fingerprint density at radius 1 is 1.05 bits per heavy atom. The van der Waals surface area contributed by atoms with Crippen molar-refractivity contribution in [1.29, 1.82) is 0 Å². The van der Waals surface area contributed by atoms with Gasteiger partial charge >= 0.3 is 0 Å². The van der Waals surface area contributed by atoms with Crippen molar-refractivity contribution in [3.8, 4) is 5.75 Å². The molecule has 2 aromatic rings. The van der Waals surface area contributed by atoms with Gasteiger partial charge in [-0.05, 0) is 65.5 Å². The van der Waals surface area contributed by atoms with Crippen LogP contribution in [-0.2, 0) is 0 Å². The molecule has 106 valence electrons. The van der Waals surface area contributed by atoms with E-state index in [1.54, 1.807) is 7.11 Å². The van der Waals surface area contributed by atoms with Crippen LogP contribution in [-0.4, -0.2) is 7.11 Å². The number of nitrogens with one attached hydrogen (secondary N) is 1. The Hall–Kier alpha value is -1.48. The van der Waals surface area contributed by atoms with Gasteiger partial charge in [0.2, 0.25) is 0 Å². The smallest absolute Gasteiger partial charge is 0.135 e. The number of methoxy groups -OCH3 is 1. The molecule has 0 spiro atoms. The van der Waals surface area contributed by atoms with Gasteiger partial charge in [-0.25, -0.2) is 0 Å². The molecular weight excluding hydrogens is 314 g/mol. The van der Waals surface area contributed by atoms with Gasteiger partial charge in [-0.2, -0.15) is 0 Å². The Kier molecular flexibility index (Phi) is 4.71. The van der Waals surface area contributed by atoms with E-state index in [0.717, 1.165) is 15.9 Å². The van der Waals surface area contributed by atoms with Crippen LogP contribution in [0.4, 0.5) is 5.69 Å². The van der Waals surface area contributed by atoms with Crippen molar-refractivity contribution in [2.24, 2.45) is 0 Å². The van der Waals surface area contributed by atoms with Crippen molar-refractivity contribution in [1.82, 2.24) is 0 Å². The standard InChI is InChI=1S/C17H20BrNO/c1-11-5-6-14(9-12(11)2)13(3)19-15-7-8-16(18)17(10-15)20-4/h5-10,13,19H,1-4H3. The molecule has 2 rings (SSSR count). The molecule has 0 amide bonds. The zero-order valence-corrected chi connectivity index (χ0v) is 13.9. The van der Waals surface area contributed by atoms with Crippen LogP contribution >= 0.6 is 15.9 Å². The van der Waals surface area contributed by atoms with E-state index >= 15 is 0 Å². The molecule has 0 radical (unpaired) electrons. The fraction of sp³-hybridized carbons (Fsp3) is 0.294. The molecule has 0 saturated heterocycles. The van der Waals surface area contributed by atoms with Crippen molar-refractivity contribution in [3.63, 3.8) is 0 Å². The highest BCUT2D eigenvalue weighted by molar-refractivity contribution is 9.10. The maximum absolute atomic E-state index is 5.32. The lowest BCUT2D eigenvalue weighted by atomic mass is 10.0. The van der Waals surface area contributed by atoms with Crippen LogP contribution in [0.5, 0.6) is 5.75 Å². The summed E-state index contributed by atoms with van der Waals surface area (Å²) in [6, 6.07) is 12.9. The predicted molar refractivity (Wildman–Crippen MR) is 88.6 cm³/mol. The fourth-order valence-corrected chi connectivity index (χ4v) is 2.53. The third-order valence-corrected chi connectivity index (χ3v) is 4.22. The molecule has 2 aromatic carbocycles.